The summed E-state index contributed by atoms with van der Waals surface area (Å²) in [7, 11) is -0.894. The SMILES string of the molecule is CC[S@](=O)CCNC(=O)c1cc(Cl)c2c(c1)OCCCO2. The molecule has 0 fully saturated rings. The van der Waals surface area contributed by atoms with Crippen molar-refractivity contribution in [2.24, 2.45) is 0 Å². The lowest BCUT2D eigenvalue weighted by atomic mass is 10.2. The molecule has 1 aromatic carbocycles. The van der Waals surface area contributed by atoms with Gasteiger partial charge in [0.05, 0.1) is 18.2 Å². The van der Waals surface area contributed by atoms with Crippen LogP contribution >= 0.6 is 11.6 Å². The lowest BCUT2D eigenvalue weighted by Crippen LogP contribution is -2.28. The van der Waals surface area contributed by atoms with Crippen LogP contribution in [0.3, 0.4) is 0 Å². The van der Waals surface area contributed by atoms with Gasteiger partial charge in [0.2, 0.25) is 0 Å². The number of rotatable bonds is 5. The van der Waals surface area contributed by atoms with Gasteiger partial charge >= 0.3 is 0 Å². The van der Waals surface area contributed by atoms with E-state index in [4.69, 9.17) is 21.1 Å². The Kier molecular flexibility index (Phi) is 5.87. The molecule has 1 N–H and O–H groups in total. The van der Waals surface area contributed by atoms with Gasteiger partial charge in [-0.05, 0) is 12.1 Å². The first-order valence-electron chi connectivity index (χ1n) is 6.84. The molecular weight excluding hydrogens is 314 g/mol. The summed E-state index contributed by atoms with van der Waals surface area (Å²) in [5, 5.41) is 3.08. The number of halogens is 1. The molecule has 2 rings (SSSR count). The molecule has 0 radical (unpaired) electrons. The first-order valence-corrected chi connectivity index (χ1v) is 8.70. The zero-order valence-corrected chi connectivity index (χ0v) is 13.4. The molecule has 0 spiro atoms. The van der Waals surface area contributed by atoms with Crippen molar-refractivity contribution >= 4 is 28.3 Å². The number of ether oxygens (including phenoxy) is 2. The van der Waals surface area contributed by atoms with Crippen molar-refractivity contribution in [3.63, 3.8) is 0 Å². The van der Waals surface area contributed by atoms with Crippen LogP contribution in [0.4, 0.5) is 0 Å². The van der Waals surface area contributed by atoms with Crippen LogP contribution in [0.5, 0.6) is 11.5 Å². The highest BCUT2D eigenvalue weighted by molar-refractivity contribution is 7.84. The van der Waals surface area contributed by atoms with Gasteiger partial charge < -0.3 is 14.8 Å². The Morgan fingerprint density at radius 2 is 2.14 bits per heavy atom. The van der Waals surface area contributed by atoms with E-state index in [2.05, 4.69) is 5.32 Å². The van der Waals surface area contributed by atoms with E-state index in [0.29, 0.717) is 53.3 Å². The van der Waals surface area contributed by atoms with Crippen molar-refractivity contribution in [1.82, 2.24) is 5.32 Å². The number of carbonyl (C=O) groups excluding carboxylic acids is 1. The van der Waals surface area contributed by atoms with Gasteiger partial charge in [0.15, 0.2) is 11.5 Å². The van der Waals surface area contributed by atoms with E-state index in [9.17, 15) is 9.00 Å². The van der Waals surface area contributed by atoms with E-state index in [0.717, 1.165) is 6.42 Å². The van der Waals surface area contributed by atoms with E-state index in [1.54, 1.807) is 12.1 Å². The third-order valence-corrected chi connectivity index (χ3v) is 4.59. The van der Waals surface area contributed by atoms with Crippen molar-refractivity contribution in [1.29, 1.82) is 0 Å². The monoisotopic (exact) mass is 331 g/mol. The number of carbonyl (C=O) groups is 1. The van der Waals surface area contributed by atoms with Gasteiger partial charge in [-0.2, -0.15) is 0 Å². The molecule has 0 unspecified atom stereocenters. The van der Waals surface area contributed by atoms with Gasteiger partial charge in [0, 0.05) is 40.8 Å². The maximum Gasteiger partial charge on any atom is 0.251 e. The largest absolute Gasteiger partial charge is 0.489 e. The maximum absolute atomic E-state index is 12.1. The van der Waals surface area contributed by atoms with Crippen LogP contribution in [-0.2, 0) is 10.8 Å². The Balaban J connectivity index is 2.06. The average molecular weight is 332 g/mol. The summed E-state index contributed by atoms with van der Waals surface area (Å²) in [6.07, 6.45) is 0.773. The second-order valence-electron chi connectivity index (χ2n) is 4.52. The Hall–Kier alpha value is -1.27. The minimum atomic E-state index is -0.894. The van der Waals surface area contributed by atoms with Crippen LogP contribution in [0.2, 0.25) is 5.02 Å². The number of fused-ring (bicyclic) bond motifs is 1. The molecule has 116 valence electrons. The standard InChI is InChI=1S/C14H18ClNO4S/c1-2-21(18)7-4-16-14(17)10-8-11(15)13-12(9-10)19-5-3-6-20-13/h8-9H,2-7H2,1H3,(H,16,17)/t21-/m0/s1. The fourth-order valence-corrected chi connectivity index (χ4v) is 2.77. The fourth-order valence-electron chi connectivity index (χ4n) is 1.89. The van der Waals surface area contributed by atoms with Gasteiger partial charge in [-0.1, -0.05) is 18.5 Å². The van der Waals surface area contributed by atoms with Crippen molar-refractivity contribution < 1.29 is 18.5 Å². The second kappa shape index (κ2) is 7.66. The number of benzene rings is 1. The summed E-state index contributed by atoms with van der Waals surface area (Å²) in [5.74, 6) is 1.74. The number of nitrogens with one attached hydrogen (secondary N) is 1. The number of hydrogen-bond acceptors (Lipinski definition) is 4. The summed E-state index contributed by atoms with van der Waals surface area (Å²) in [5.41, 5.74) is 0.409. The summed E-state index contributed by atoms with van der Waals surface area (Å²) >= 11 is 6.14. The highest BCUT2D eigenvalue weighted by Gasteiger charge is 2.18. The smallest absolute Gasteiger partial charge is 0.251 e. The molecule has 21 heavy (non-hydrogen) atoms. The molecule has 1 atom stereocenters. The van der Waals surface area contributed by atoms with E-state index in [1.165, 1.54) is 0 Å². The van der Waals surface area contributed by atoms with Crippen molar-refractivity contribution in [3.8, 4) is 11.5 Å². The minimum Gasteiger partial charge on any atom is -0.489 e. The second-order valence-corrected chi connectivity index (χ2v) is 6.80. The summed E-state index contributed by atoms with van der Waals surface area (Å²) in [4.78, 5) is 12.1. The first-order chi connectivity index (χ1) is 10.1. The lowest BCUT2D eigenvalue weighted by molar-refractivity contribution is 0.0955. The topological polar surface area (TPSA) is 64.6 Å². The van der Waals surface area contributed by atoms with E-state index in [-0.39, 0.29) is 5.91 Å². The molecule has 7 heteroatoms. The summed E-state index contributed by atoms with van der Waals surface area (Å²) < 4.78 is 22.4. The molecule has 1 amide bonds. The quantitative estimate of drug-likeness (QED) is 0.896. The molecule has 0 aromatic heterocycles. The zero-order chi connectivity index (χ0) is 15.2. The normalized spacial score (nSPS) is 15.1. The van der Waals surface area contributed by atoms with Gasteiger partial charge in [-0.25, -0.2) is 0 Å². The number of amides is 1. The van der Waals surface area contributed by atoms with Crippen LogP contribution in [0.15, 0.2) is 12.1 Å². The third kappa shape index (κ3) is 4.35. The Bertz CT molecular complexity index is 550. The van der Waals surface area contributed by atoms with Crippen LogP contribution in [0.25, 0.3) is 0 Å². The number of hydrogen-bond donors (Lipinski definition) is 1. The van der Waals surface area contributed by atoms with Crippen molar-refractivity contribution in [2.45, 2.75) is 13.3 Å². The van der Waals surface area contributed by atoms with E-state index >= 15 is 0 Å². The van der Waals surface area contributed by atoms with Crippen LogP contribution in [-0.4, -0.2) is 41.4 Å². The van der Waals surface area contributed by atoms with E-state index in [1.807, 2.05) is 6.92 Å². The lowest BCUT2D eigenvalue weighted by Gasteiger charge is -2.11. The molecule has 1 aliphatic rings. The van der Waals surface area contributed by atoms with Crippen LogP contribution in [0, 0.1) is 0 Å². The molecule has 1 aliphatic heterocycles. The van der Waals surface area contributed by atoms with Gasteiger partial charge in [-0.3, -0.25) is 9.00 Å². The maximum atomic E-state index is 12.1. The molecular formula is C14H18ClNO4S. The van der Waals surface area contributed by atoms with Crippen molar-refractivity contribution in [2.75, 3.05) is 31.3 Å². The summed E-state index contributed by atoms with van der Waals surface area (Å²) in [6.45, 7) is 3.29. The molecule has 5 nitrogen and oxygen atoms in total. The van der Waals surface area contributed by atoms with Crippen molar-refractivity contribution in [3.05, 3.63) is 22.7 Å². The highest BCUT2D eigenvalue weighted by atomic mass is 35.5. The molecule has 0 aliphatic carbocycles. The van der Waals surface area contributed by atoms with Crippen LogP contribution in [0.1, 0.15) is 23.7 Å². The highest BCUT2D eigenvalue weighted by Crippen LogP contribution is 2.37. The predicted octanol–water partition coefficient (Wildman–Crippen LogP) is 2.00. The van der Waals surface area contributed by atoms with Gasteiger partial charge in [0.1, 0.15) is 0 Å². The molecule has 0 saturated carbocycles. The third-order valence-electron chi connectivity index (χ3n) is 3.00. The fraction of sp³-hybridized carbons (Fsp3) is 0.500. The average Bonchev–Trinajstić information content (AvgIpc) is 2.72. The van der Waals surface area contributed by atoms with Gasteiger partial charge in [-0.15, -0.1) is 0 Å². The van der Waals surface area contributed by atoms with Crippen LogP contribution < -0.4 is 14.8 Å². The van der Waals surface area contributed by atoms with Gasteiger partial charge in [0.25, 0.3) is 5.91 Å². The first kappa shape index (κ1) is 16.1. The molecule has 0 bridgehead atoms. The minimum absolute atomic E-state index is 0.263. The Labute approximate surface area is 131 Å². The molecule has 1 heterocycles. The Morgan fingerprint density at radius 1 is 1.38 bits per heavy atom. The summed E-state index contributed by atoms with van der Waals surface area (Å²) in [6, 6.07) is 3.18. The predicted molar refractivity (Wildman–Crippen MR) is 82.9 cm³/mol. The Morgan fingerprint density at radius 3 is 2.90 bits per heavy atom. The zero-order valence-electron chi connectivity index (χ0n) is 11.8. The molecule has 1 aromatic rings. The van der Waals surface area contributed by atoms with E-state index < -0.39 is 10.8 Å². The molecule has 0 saturated heterocycles.